The Morgan fingerprint density at radius 1 is 0.529 bits per heavy atom. The number of rotatable bonds is 43. The summed E-state index contributed by atoms with van der Waals surface area (Å²) in [6.07, 6.45) is -1.18. The number of carboxylic acids is 1. The predicted molar refractivity (Wildman–Crippen MR) is 367 cm³/mol. The Bertz CT molecular complexity index is 3320. The first kappa shape index (κ1) is 87.8. The summed E-state index contributed by atoms with van der Waals surface area (Å²) >= 11 is 0. The molecule has 1 aliphatic heterocycles. The van der Waals surface area contributed by atoms with Gasteiger partial charge in [-0.3, -0.25) is 76.7 Å². The van der Waals surface area contributed by atoms with Gasteiger partial charge in [0.25, 0.3) is 0 Å². The minimum Gasteiger partial charge on any atom is -0.508 e. The number of amides is 15. The van der Waals surface area contributed by atoms with Gasteiger partial charge in [0.2, 0.25) is 88.6 Å². The topological polar surface area (TPSA) is 615 Å². The number of aromatic nitrogens is 2. The summed E-state index contributed by atoms with van der Waals surface area (Å²) in [6, 6.07) is -12.5. The molecule has 0 spiro atoms. The van der Waals surface area contributed by atoms with Crippen molar-refractivity contribution in [2.24, 2.45) is 29.2 Å². The molecule has 1 aliphatic rings. The molecule has 1 fully saturated rings. The van der Waals surface area contributed by atoms with Crippen LogP contribution in [0.25, 0.3) is 0 Å². The summed E-state index contributed by atoms with van der Waals surface area (Å²) in [5.41, 5.74) is 11.6. The monoisotopic (exact) mass is 1470 g/mol. The highest BCUT2D eigenvalue weighted by molar-refractivity contribution is 6.00. The van der Waals surface area contributed by atoms with Crippen molar-refractivity contribution < 1.29 is 102 Å². The lowest BCUT2D eigenvalue weighted by molar-refractivity contribution is -0.142. The molecule has 0 radical (unpaired) electrons. The molecule has 3 rings (SSSR count). The van der Waals surface area contributed by atoms with Crippen LogP contribution in [0.15, 0.2) is 36.8 Å². The van der Waals surface area contributed by atoms with Gasteiger partial charge in [-0.05, 0) is 95.2 Å². The average Bonchev–Trinajstić information content (AvgIpc) is 1.67. The van der Waals surface area contributed by atoms with Gasteiger partial charge in [-0.1, -0.05) is 53.7 Å². The highest BCUT2D eigenvalue weighted by Gasteiger charge is 2.40. The van der Waals surface area contributed by atoms with Crippen molar-refractivity contribution in [1.29, 1.82) is 0 Å². The molecule has 23 N–H and O–H groups in total. The van der Waals surface area contributed by atoms with Crippen LogP contribution in [0.3, 0.4) is 0 Å². The molecular formula is C65H102N18O21. The summed E-state index contributed by atoms with van der Waals surface area (Å²) in [7, 11) is 0. The number of likely N-dealkylation sites (tertiary alicyclic amines) is 1. The highest BCUT2D eigenvalue weighted by Crippen LogP contribution is 2.19. The minimum absolute atomic E-state index is 0.00844. The largest absolute Gasteiger partial charge is 0.508 e. The molecule has 1 saturated heterocycles. The fourth-order valence-electron chi connectivity index (χ4n) is 10.6. The van der Waals surface area contributed by atoms with E-state index in [1.165, 1.54) is 48.6 Å². The number of aromatic amines is 1. The normalized spacial score (nSPS) is 16.4. The molecule has 104 heavy (non-hydrogen) atoms. The second kappa shape index (κ2) is 42.9. The van der Waals surface area contributed by atoms with Gasteiger partial charge in [0, 0.05) is 31.3 Å². The van der Waals surface area contributed by atoms with E-state index < -0.39 is 212 Å². The van der Waals surface area contributed by atoms with Crippen LogP contribution in [0, 0.1) is 17.8 Å². The number of nitrogens with zero attached hydrogens (tertiary/aromatic N) is 2. The summed E-state index contributed by atoms with van der Waals surface area (Å²) in [4.78, 5) is 222. The zero-order valence-corrected chi connectivity index (χ0v) is 59.8. The molecule has 14 atom stereocenters. The summed E-state index contributed by atoms with van der Waals surface area (Å²) in [6.45, 7) is 11.9. The number of carboxylic acid groups (broad SMARTS) is 1. The van der Waals surface area contributed by atoms with Crippen LogP contribution in [0.4, 0.5) is 0 Å². The number of phenols is 1. The number of hydrogen-bond acceptors (Lipinski definition) is 22. The molecule has 39 nitrogen and oxygen atoms in total. The number of hydrogen-bond donors (Lipinski definition) is 21. The van der Waals surface area contributed by atoms with Crippen LogP contribution in [-0.4, -0.2) is 252 Å². The highest BCUT2D eigenvalue weighted by atomic mass is 16.4. The lowest BCUT2D eigenvalue weighted by Crippen LogP contribution is -2.62. The van der Waals surface area contributed by atoms with Gasteiger partial charge in [0.1, 0.15) is 78.3 Å². The first-order chi connectivity index (χ1) is 48.7. The van der Waals surface area contributed by atoms with E-state index >= 15 is 0 Å². The van der Waals surface area contributed by atoms with Crippen LogP contribution in [-0.2, 0) is 89.6 Å². The fourth-order valence-corrected chi connectivity index (χ4v) is 10.6. The Hall–Kier alpha value is -10.4. The third kappa shape index (κ3) is 29.9. The number of phenolic OH excluding ortho intramolecular Hbond substituents is 1. The number of aliphatic hydroxyl groups is 3. The maximum atomic E-state index is 14.3. The molecular weight excluding hydrogens is 1370 g/mol. The maximum absolute atomic E-state index is 14.3. The fraction of sp³-hybridized carbons (Fsp3) is 0.615. The van der Waals surface area contributed by atoms with E-state index in [9.17, 15) is 102 Å². The zero-order valence-electron chi connectivity index (χ0n) is 59.8. The first-order valence-corrected chi connectivity index (χ1v) is 33.9. The molecule has 0 saturated carbocycles. The van der Waals surface area contributed by atoms with Crippen molar-refractivity contribution in [3.8, 4) is 5.75 Å². The predicted octanol–water partition coefficient (Wildman–Crippen LogP) is -7.69. The third-order valence-corrected chi connectivity index (χ3v) is 16.0. The molecule has 39 heteroatoms. The molecule has 1 aromatic carbocycles. The van der Waals surface area contributed by atoms with E-state index in [1.54, 1.807) is 41.5 Å². The molecule has 578 valence electrons. The Balaban J connectivity index is 1.73. The zero-order chi connectivity index (χ0) is 78.4. The van der Waals surface area contributed by atoms with E-state index in [-0.39, 0.29) is 68.6 Å². The third-order valence-electron chi connectivity index (χ3n) is 16.0. The van der Waals surface area contributed by atoms with Crippen molar-refractivity contribution in [3.63, 3.8) is 0 Å². The van der Waals surface area contributed by atoms with Crippen molar-refractivity contribution in [2.75, 3.05) is 32.8 Å². The second-order valence-electron chi connectivity index (χ2n) is 26.6. The number of aliphatic carboxylic acids is 1. The Morgan fingerprint density at radius 3 is 1.50 bits per heavy atom. The molecule has 15 amide bonds. The van der Waals surface area contributed by atoms with Crippen LogP contribution in [0.2, 0.25) is 0 Å². The van der Waals surface area contributed by atoms with Crippen molar-refractivity contribution in [3.05, 3.63) is 48.0 Å². The lowest BCUT2D eigenvalue weighted by atomic mass is 9.99. The number of aromatic hydroxyl groups is 1. The van der Waals surface area contributed by atoms with Crippen LogP contribution < -0.4 is 80.6 Å². The van der Waals surface area contributed by atoms with Gasteiger partial charge in [0.05, 0.1) is 51.2 Å². The van der Waals surface area contributed by atoms with Crippen molar-refractivity contribution in [2.45, 2.75) is 205 Å². The van der Waals surface area contributed by atoms with Crippen LogP contribution in [0.5, 0.6) is 5.75 Å². The van der Waals surface area contributed by atoms with Gasteiger partial charge in [0.15, 0.2) is 0 Å². The Labute approximate surface area is 599 Å². The SMILES string of the molecule is CC(C)C[C@H](NC(=O)[C@H](CC(C)C)NC(=O)[C@H](Cc1ccc(O)cc1)NC(=O)CNC(=O)[C@H](C)NC(=O)[C@H](CO)NC(=O)[C@H](CC(N)=O)NC(=O)[C@H](CC(C)C)NC(=O)[C@@H](NC(=O)[C@@H](NC(=O)CN)C(C)O)C(C)O)C(=O)NCC(=O)N1CCC[C@H]1C(=O)N[C@@H](Cc1cnc[nH]1)C(=O)N[C@@H](C)C(=O)O. The lowest BCUT2D eigenvalue weighted by Gasteiger charge is -2.29. The van der Waals surface area contributed by atoms with Crippen LogP contribution >= 0.6 is 0 Å². The first-order valence-electron chi connectivity index (χ1n) is 33.9. The molecule has 2 unspecified atom stereocenters. The summed E-state index contributed by atoms with van der Waals surface area (Å²) in [5, 5.41) is 81.2. The van der Waals surface area contributed by atoms with E-state index in [0.29, 0.717) is 17.7 Å². The number of primary amides is 1. The number of imidazole rings is 1. The van der Waals surface area contributed by atoms with Gasteiger partial charge in [-0.15, -0.1) is 0 Å². The van der Waals surface area contributed by atoms with E-state index in [4.69, 9.17) is 11.5 Å². The minimum atomic E-state index is -1.88. The second-order valence-corrected chi connectivity index (χ2v) is 26.6. The number of carbonyl (C=O) groups excluding carboxylic acids is 15. The van der Waals surface area contributed by atoms with Gasteiger partial charge >= 0.3 is 5.97 Å². The van der Waals surface area contributed by atoms with Gasteiger partial charge in [-0.25, -0.2) is 4.98 Å². The summed E-state index contributed by atoms with van der Waals surface area (Å²) in [5.74, 6) is -16.8. The molecule has 2 heterocycles. The summed E-state index contributed by atoms with van der Waals surface area (Å²) < 4.78 is 0. The van der Waals surface area contributed by atoms with Gasteiger partial charge < -0.3 is 116 Å². The van der Waals surface area contributed by atoms with Gasteiger partial charge in [-0.2, -0.15) is 0 Å². The maximum Gasteiger partial charge on any atom is 0.325 e. The van der Waals surface area contributed by atoms with E-state index in [0.717, 1.165) is 20.8 Å². The molecule has 2 aromatic rings. The van der Waals surface area contributed by atoms with Crippen molar-refractivity contribution >= 4 is 94.6 Å². The number of benzene rings is 1. The Morgan fingerprint density at radius 2 is 0.990 bits per heavy atom. The Kier molecular flexibility index (Phi) is 36.2. The average molecular weight is 1470 g/mol. The number of nitrogens with two attached hydrogens (primary N) is 2. The smallest absolute Gasteiger partial charge is 0.325 e. The van der Waals surface area contributed by atoms with Crippen molar-refractivity contribution in [1.82, 2.24) is 84.0 Å². The van der Waals surface area contributed by atoms with Crippen LogP contribution in [0.1, 0.15) is 119 Å². The van der Waals surface area contributed by atoms with E-state index in [1.807, 2.05) is 0 Å². The number of H-pyrrole nitrogens is 1. The number of aliphatic hydroxyl groups excluding tert-OH is 3. The quantitative estimate of drug-likeness (QED) is 0.0293. The molecule has 1 aromatic heterocycles. The number of nitrogens with one attached hydrogen (secondary N) is 14. The number of carbonyl (C=O) groups is 16. The molecule has 0 bridgehead atoms. The van der Waals surface area contributed by atoms with E-state index in [2.05, 4.69) is 79.1 Å². The molecule has 0 aliphatic carbocycles. The standard InChI is InChI=1S/C65H102N18O21/c1-30(2)18-40(55(93)70-27-51(91)83-17-11-12-47(83)62(100)78-44(22-38-25-68-29-71-38)56(94)73-34(8)65(103)104)75-57(95)41(19-31(3)4)76-59(97)43(21-37-13-15-39(87)16-14-37)74-50(90)26-69-54(92)33(7)72-61(99)46(28-84)80-60(98)45(23-48(67)88)77-58(96)42(20-32(5)6)79-63(101)53(36(10)86)82-64(102)52(35(9)85)81-49(89)24-66/h13-16,25,29-36,40-47,52-53,84-87H,11-12,17-24,26-28,66H2,1-10H3,(H2,67,88)(H,68,71)(H,69,92)(H,70,93)(H,72,99)(H,73,94)(H,74,90)(H,75,95)(H,76,97)(H,77,96)(H,78,100)(H,79,101)(H,80,98)(H,81,89)(H,82,102)(H,103,104)/t33-,34-,35?,36?,40-,41-,42-,43-,44-,45-,46-,47-,52-,53-/m0/s1.